The summed E-state index contributed by atoms with van der Waals surface area (Å²) in [6, 6.07) is 4.65. The number of rotatable bonds is 6. The molecule has 4 aromatic rings. The molecule has 4 heterocycles. The molecule has 0 radical (unpaired) electrons. The SMILES string of the molecule is C[C@@H](Nc1ncnc2c1cc(C1CCN(C(=O)NC(=O)CCl)CC1)c1nncn12)c1cccc(C(F)F)c1F. The third-order valence-corrected chi connectivity index (χ3v) is 7.14. The lowest BCUT2D eigenvalue weighted by molar-refractivity contribution is -0.117. The van der Waals surface area contributed by atoms with Crippen LogP contribution in [0.3, 0.4) is 0 Å². The maximum absolute atomic E-state index is 14.8. The van der Waals surface area contributed by atoms with Crippen molar-refractivity contribution in [1.82, 2.24) is 34.8 Å². The van der Waals surface area contributed by atoms with E-state index in [4.69, 9.17) is 11.6 Å². The van der Waals surface area contributed by atoms with Crippen molar-refractivity contribution in [3.05, 3.63) is 59.4 Å². The number of hydrogen-bond acceptors (Lipinski definition) is 7. The number of halogens is 4. The zero-order chi connectivity index (χ0) is 27.7. The number of likely N-dealkylation sites (tertiary alicyclic amines) is 1. The highest BCUT2D eigenvalue weighted by Crippen LogP contribution is 2.35. The van der Waals surface area contributed by atoms with Crippen LogP contribution in [0.1, 0.15) is 54.8 Å². The maximum Gasteiger partial charge on any atom is 0.324 e. The van der Waals surface area contributed by atoms with Crippen LogP contribution < -0.4 is 10.6 Å². The highest BCUT2D eigenvalue weighted by Gasteiger charge is 2.28. The number of imide groups is 1. The van der Waals surface area contributed by atoms with E-state index in [1.54, 1.807) is 16.2 Å². The van der Waals surface area contributed by atoms with Crippen LogP contribution in [-0.4, -0.2) is 60.4 Å². The Balaban J connectivity index is 1.45. The Labute approximate surface area is 225 Å². The number of benzene rings is 1. The number of amides is 3. The van der Waals surface area contributed by atoms with Gasteiger partial charge in [-0.3, -0.25) is 14.5 Å². The van der Waals surface area contributed by atoms with Crippen LogP contribution in [-0.2, 0) is 4.79 Å². The van der Waals surface area contributed by atoms with Crippen LogP contribution in [0, 0.1) is 5.82 Å². The monoisotopic (exact) mass is 560 g/mol. The molecular weight excluding hydrogens is 537 g/mol. The molecule has 3 amide bonds. The Morgan fingerprint density at radius 1 is 1.15 bits per heavy atom. The summed E-state index contributed by atoms with van der Waals surface area (Å²) in [6.45, 7) is 2.49. The Morgan fingerprint density at radius 3 is 2.62 bits per heavy atom. The fourth-order valence-corrected chi connectivity index (χ4v) is 4.98. The number of carbonyl (C=O) groups excluding carboxylic acids is 2. The van der Waals surface area contributed by atoms with Gasteiger partial charge in [-0.25, -0.2) is 27.9 Å². The van der Waals surface area contributed by atoms with Crippen molar-refractivity contribution in [2.45, 2.75) is 38.2 Å². The number of carbonyl (C=O) groups is 2. The lowest BCUT2D eigenvalue weighted by Gasteiger charge is -2.32. The second-order valence-corrected chi connectivity index (χ2v) is 9.52. The van der Waals surface area contributed by atoms with E-state index in [1.807, 2.05) is 6.07 Å². The second-order valence-electron chi connectivity index (χ2n) is 9.25. The van der Waals surface area contributed by atoms with Crippen molar-refractivity contribution in [2.24, 2.45) is 0 Å². The highest BCUT2D eigenvalue weighted by molar-refractivity contribution is 6.28. The van der Waals surface area contributed by atoms with E-state index in [-0.39, 0.29) is 17.4 Å². The van der Waals surface area contributed by atoms with E-state index in [9.17, 15) is 22.8 Å². The molecule has 0 bridgehead atoms. The zero-order valence-electron chi connectivity index (χ0n) is 20.7. The summed E-state index contributed by atoms with van der Waals surface area (Å²) < 4.78 is 43.0. The first kappa shape index (κ1) is 26.6. The second kappa shape index (κ2) is 11.0. The van der Waals surface area contributed by atoms with Crippen LogP contribution in [0.15, 0.2) is 36.9 Å². The lowest BCUT2D eigenvalue weighted by Crippen LogP contribution is -2.46. The van der Waals surface area contributed by atoms with Gasteiger partial charge in [0.2, 0.25) is 5.91 Å². The molecule has 1 aliphatic heterocycles. The third kappa shape index (κ3) is 5.18. The summed E-state index contributed by atoms with van der Waals surface area (Å²) in [5.41, 5.74) is 1.42. The summed E-state index contributed by atoms with van der Waals surface area (Å²) in [5.74, 6) is -1.41. The summed E-state index contributed by atoms with van der Waals surface area (Å²) in [6.07, 6.45) is 1.17. The summed E-state index contributed by atoms with van der Waals surface area (Å²) >= 11 is 5.47. The number of anilines is 1. The van der Waals surface area contributed by atoms with E-state index in [0.29, 0.717) is 48.4 Å². The molecule has 0 saturated carbocycles. The van der Waals surface area contributed by atoms with Crippen molar-refractivity contribution in [2.75, 3.05) is 24.3 Å². The van der Waals surface area contributed by atoms with Gasteiger partial charge in [-0.1, -0.05) is 18.2 Å². The van der Waals surface area contributed by atoms with Crippen molar-refractivity contribution in [3.8, 4) is 0 Å². The molecule has 1 atom stereocenters. The smallest absolute Gasteiger partial charge is 0.324 e. The van der Waals surface area contributed by atoms with Gasteiger partial charge >= 0.3 is 6.03 Å². The number of aromatic nitrogens is 5. The Morgan fingerprint density at radius 2 is 1.90 bits per heavy atom. The fraction of sp³-hybridized carbons (Fsp3) is 0.360. The number of nitrogens with zero attached hydrogens (tertiary/aromatic N) is 6. The minimum Gasteiger partial charge on any atom is -0.363 e. The molecule has 1 saturated heterocycles. The van der Waals surface area contributed by atoms with Gasteiger partial charge in [-0.2, -0.15) is 0 Å². The van der Waals surface area contributed by atoms with Crippen molar-refractivity contribution in [3.63, 3.8) is 0 Å². The van der Waals surface area contributed by atoms with Gasteiger partial charge in [0.25, 0.3) is 6.43 Å². The summed E-state index contributed by atoms with van der Waals surface area (Å²) in [7, 11) is 0. The van der Waals surface area contributed by atoms with Crippen LogP contribution >= 0.6 is 11.6 Å². The molecule has 2 N–H and O–H groups in total. The van der Waals surface area contributed by atoms with Gasteiger partial charge in [0.15, 0.2) is 11.3 Å². The number of pyridine rings is 1. The number of nitrogens with one attached hydrogen (secondary N) is 2. The first-order valence-corrected chi connectivity index (χ1v) is 12.8. The van der Waals surface area contributed by atoms with Crippen molar-refractivity contribution >= 4 is 46.0 Å². The van der Waals surface area contributed by atoms with E-state index in [0.717, 1.165) is 11.6 Å². The predicted molar refractivity (Wildman–Crippen MR) is 137 cm³/mol. The van der Waals surface area contributed by atoms with Crippen LogP contribution in [0.5, 0.6) is 0 Å². The first-order valence-electron chi connectivity index (χ1n) is 12.2. The minimum atomic E-state index is -2.93. The molecule has 39 heavy (non-hydrogen) atoms. The Kier molecular flexibility index (Phi) is 7.51. The molecule has 5 rings (SSSR count). The normalized spacial score (nSPS) is 15.2. The van der Waals surface area contributed by atoms with Gasteiger partial charge in [-0.05, 0) is 31.7 Å². The van der Waals surface area contributed by atoms with Crippen LogP contribution in [0.4, 0.5) is 23.8 Å². The molecule has 0 unspecified atom stereocenters. The van der Waals surface area contributed by atoms with Crippen molar-refractivity contribution < 1.29 is 22.8 Å². The van der Waals surface area contributed by atoms with Gasteiger partial charge < -0.3 is 10.2 Å². The summed E-state index contributed by atoms with van der Waals surface area (Å²) in [4.78, 5) is 34.1. The van der Waals surface area contributed by atoms with Gasteiger partial charge in [0.05, 0.1) is 17.0 Å². The third-order valence-electron chi connectivity index (χ3n) is 6.90. The molecule has 10 nitrogen and oxygen atoms in total. The number of fused-ring (bicyclic) bond motifs is 3. The van der Waals surface area contributed by atoms with E-state index in [1.165, 1.54) is 24.8 Å². The number of alkyl halides is 3. The number of hydrogen-bond donors (Lipinski definition) is 2. The van der Waals surface area contributed by atoms with Gasteiger partial charge in [0.1, 0.15) is 30.2 Å². The Bertz CT molecular complexity index is 1540. The molecule has 0 aliphatic carbocycles. The molecule has 1 fully saturated rings. The average Bonchev–Trinajstić information content (AvgIpc) is 3.43. The van der Waals surface area contributed by atoms with Gasteiger partial charge in [-0.15, -0.1) is 21.8 Å². The van der Waals surface area contributed by atoms with E-state index < -0.39 is 35.8 Å². The summed E-state index contributed by atoms with van der Waals surface area (Å²) in [5, 5.41) is 14.4. The number of urea groups is 1. The molecule has 14 heteroatoms. The molecule has 1 aromatic carbocycles. The fourth-order valence-electron chi connectivity index (χ4n) is 4.91. The molecule has 0 spiro atoms. The average molecular weight is 561 g/mol. The molecular formula is C25H24ClF3N8O2. The first-order chi connectivity index (χ1) is 18.8. The van der Waals surface area contributed by atoms with Crippen LogP contribution in [0.2, 0.25) is 0 Å². The van der Waals surface area contributed by atoms with Crippen molar-refractivity contribution in [1.29, 1.82) is 0 Å². The standard InChI is InChI=1S/C25H24ClF3N8O2/c1-13(15-3-2-4-16(20(15)27)21(28)29)33-22-18-9-17(24-35-32-12-37(24)23(18)31-11-30-22)14-5-7-36(8-6-14)25(39)34-19(38)10-26/h2-4,9,11-14,21H,5-8,10H2,1H3,(H,30,31,33)(H,34,38,39)/t13-/m1/s1. The quantitative estimate of drug-likeness (QED) is 0.332. The largest absolute Gasteiger partial charge is 0.363 e. The molecule has 3 aromatic heterocycles. The topological polar surface area (TPSA) is 117 Å². The van der Waals surface area contributed by atoms with E-state index in [2.05, 4.69) is 30.8 Å². The minimum absolute atomic E-state index is 0.0134. The molecule has 204 valence electrons. The lowest BCUT2D eigenvalue weighted by atomic mass is 9.89. The zero-order valence-corrected chi connectivity index (χ0v) is 21.5. The molecule has 1 aliphatic rings. The maximum atomic E-state index is 14.8. The Hall–Kier alpha value is -4.00. The van der Waals surface area contributed by atoms with Gasteiger partial charge in [0, 0.05) is 24.2 Å². The predicted octanol–water partition coefficient (Wildman–Crippen LogP) is 4.58. The van der Waals surface area contributed by atoms with Crippen LogP contribution in [0.25, 0.3) is 16.7 Å². The number of piperidine rings is 1. The van der Waals surface area contributed by atoms with E-state index >= 15 is 0 Å². The highest BCUT2D eigenvalue weighted by atomic mass is 35.5.